The van der Waals surface area contributed by atoms with Crippen LogP contribution in [0.4, 0.5) is 5.82 Å². The summed E-state index contributed by atoms with van der Waals surface area (Å²) in [6, 6.07) is 3.40. The molecule has 0 aliphatic heterocycles. The van der Waals surface area contributed by atoms with Crippen LogP contribution in [0.5, 0.6) is 0 Å². The molecule has 0 aliphatic carbocycles. The van der Waals surface area contributed by atoms with Gasteiger partial charge in [0.1, 0.15) is 0 Å². The molecule has 0 bridgehead atoms. The first-order valence-electron chi connectivity index (χ1n) is 5.71. The minimum Gasteiger partial charge on any atom is -0.329 e. The second kappa shape index (κ2) is 5.98. The number of anilines is 1. The van der Waals surface area contributed by atoms with Gasteiger partial charge >= 0.3 is 0 Å². The first kappa shape index (κ1) is 13.9. The number of nitrogens with zero attached hydrogens (tertiary/aromatic N) is 1. The third kappa shape index (κ3) is 2.96. The Bertz CT molecular complexity index is 383. The van der Waals surface area contributed by atoms with Crippen molar-refractivity contribution in [2.24, 2.45) is 11.1 Å². The second-order valence-electron chi connectivity index (χ2n) is 3.98. The molecule has 0 saturated carbocycles. The zero-order valence-corrected chi connectivity index (χ0v) is 10.9. The molecule has 94 valence electrons. The number of hydrogen-bond acceptors (Lipinski definition) is 3. The van der Waals surface area contributed by atoms with Crippen LogP contribution < -0.4 is 11.1 Å². The van der Waals surface area contributed by atoms with Gasteiger partial charge in [-0.2, -0.15) is 0 Å². The highest BCUT2D eigenvalue weighted by molar-refractivity contribution is 6.33. The van der Waals surface area contributed by atoms with Gasteiger partial charge < -0.3 is 11.1 Å². The minimum atomic E-state index is -0.541. The average molecular weight is 256 g/mol. The highest BCUT2D eigenvalue weighted by Gasteiger charge is 2.33. The Morgan fingerprint density at radius 1 is 1.53 bits per heavy atom. The molecule has 1 rings (SSSR count). The van der Waals surface area contributed by atoms with E-state index in [9.17, 15) is 4.79 Å². The molecule has 0 saturated heterocycles. The molecule has 0 spiro atoms. The number of carbonyl (C=O) groups excluding carboxylic acids is 1. The number of hydrogen-bond donors (Lipinski definition) is 2. The fraction of sp³-hybridized carbons (Fsp3) is 0.500. The molecule has 0 aliphatic rings. The van der Waals surface area contributed by atoms with Crippen molar-refractivity contribution in [3.63, 3.8) is 0 Å². The van der Waals surface area contributed by atoms with Gasteiger partial charge in [-0.3, -0.25) is 4.79 Å². The molecule has 0 aromatic carbocycles. The molecule has 3 N–H and O–H groups in total. The van der Waals surface area contributed by atoms with Gasteiger partial charge in [0.15, 0.2) is 5.82 Å². The van der Waals surface area contributed by atoms with Crippen molar-refractivity contribution in [2.75, 3.05) is 11.9 Å². The maximum atomic E-state index is 12.2. The lowest BCUT2D eigenvalue weighted by Gasteiger charge is -2.28. The monoisotopic (exact) mass is 255 g/mol. The molecule has 1 amide bonds. The van der Waals surface area contributed by atoms with E-state index in [1.807, 2.05) is 13.8 Å². The Hall–Kier alpha value is -1.13. The summed E-state index contributed by atoms with van der Waals surface area (Å²) >= 11 is 5.94. The molecular weight excluding hydrogens is 238 g/mol. The Labute approximate surface area is 107 Å². The average Bonchev–Trinajstić information content (AvgIpc) is 2.35. The smallest absolute Gasteiger partial charge is 0.233 e. The predicted octanol–water partition coefficient (Wildman–Crippen LogP) is 2.44. The van der Waals surface area contributed by atoms with Crippen LogP contribution >= 0.6 is 11.6 Å². The summed E-state index contributed by atoms with van der Waals surface area (Å²) in [5, 5.41) is 3.17. The van der Waals surface area contributed by atoms with Crippen molar-refractivity contribution < 1.29 is 4.79 Å². The first-order chi connectivity index (χ1) is 8.09. The lowest BCUT2D eigenvalue weighted by Crippen LogP contribution is -2.41. The molecule has 1 heterocycles. The van der Waals surface area contributed by atoms with Gasteiger partial charge in [-0.1, -0.05) is 25.4 Å². The largest absolute Gasteiger partial charge is 0.329 e. The van der Waals surface area contributed by atoms with Crippen LogP contribution in [0.25, 0.3) is 0 Å². The van der Waals surface area contributed by atoms with Crippen LogP contribution in [0.3, 0.4) is 0 Å². The Kier molecular flexibility index (Phi) is 4.90. The third-order valence-corrected chi connectivity index (χ3v) is 3.52. The van der Waals surface area contributed by atoms with Gasteiger partial charge in [-0.05, 0) is 25.0 Å². The van der Waals surface area contributed by atoms with E-state index in [-0.39, 0.29) is 5.91 Å². The maximum Gasteiger partial charge on any atom is 0.233 e. The summed E-state index contributed by atoms with van der Waals surface area (Å²) in [4.78, 5) is 16.2. The van der Waals surface area contributed by atoms with E-state index in [1.54, 1.807) is 18.3 Å². The van der Waals surface area contributed by atoms with Crippen molar-refractivity contribution in [3.8, 4) is 0 Å². The number of aromatic nitrogens is 1. The molecule has 1 aromatic rings. The van der Waals surface area contributed by atoms with Crippen LogP contribution in [0.2, 0.25) is 5.02 Å². The number of halogens is 1. The molecule has 0 atom stereocenters. The second-order valence-corrected chi connectivity index (χ2v) is 4.39. The van der Waals surface area contributed by atoms with Crippen LogP contribution in [0.15, 0.2) is 18.3 Å². The van der Waals surface area contributed by atoms with Crippen molar-refractivity contribution in [2.45, 2.75) is 26.7 Å². The van der Waals surface area contributed by atoms with Crippen molar-refractivity contribution in [1.29, 1.82) is 0 Å². The fourth-order valence-electron chi connectivity index (χ4n) is 1.67. The maximum absolute atomic E-state index is 12.2. The minimum absolute atomic E-state index is 0.120. The quantitative estimate of drug-likeness (QED) is 0.849. The third-order valence-electron chi connectivity index (χ3n) is 3.22. The van der Waals surface area contributed by atoms with Gasteiger partial charge in [-0.15, -0.1) is 0 Å². The van der Waals surface area contributed by atoms with E-state index in [2.05, 4.69) is 10.3 Å². The normalized spacial score (nSPS) is 11.3. The number of nitrogens with two attached hydrogens (primary N) is 1. The molecule has 5 heteroatoms. The standard InChI is InChI=1S/C12H18ClN3O/c1-3-12(4-2,8-14)11(17)16-10-9(13)6-5-7-15-10/h5-7H,3-4,8,14H2,1-2H3,(H,15,16,17). The Morgan fingerprint density at radius 3 is 2.65 bits per heavy atom. The Balaban J connectivity index is 2.88. The van der Waals surface area contributed by atoms with Gasteiger partial charge in [0.2, 0.25) is 5.91 Å². The summed E-state index contributed by atoms with van der Waals surface area (Å²) in [6.07, 6.45) is 2.97. The number of amides is 1. The van der Waals surface area contributed by atoms with E-state index in [4.69, 9.17) is 17.3 Å². The zero-order chi connectivity index (χ0) is 12.9. The predicted molar refractivity (Wildman–Crippen MR) is 69.9 cm³/mol. The lowest BCUT2D eigenvalue weighted by molar-refractivity contribution is -0.125. The van der Waals surface area contributed by atoms with Crippen LogP contribution in [-0.4, -0.2) is 17.4 Å². The molecule has 0 fully saturated rings. The molecule has 4 nitrogen and oxygen atoms in total. The fourth-order valence-corrected chi connectivity index (χ4v) is 1.84. The van der Waals surface area contributed by atoms with Crippen molar-refractivity contribution >= 4 is 23.3 Å². The molecule has 0 radical (unpaired) electrons. The van der Waals surface area contributed by atoms with Gasteiger partial charge in [0.05, 0.1) is 10.4 Å². The zero-order valence-electron chi connectivity index (χ0n) is 10.2. The molecule has 17 heavy (non-hydrogen) atoms. The van der Waals surface area contributed by atoms with Crippen LogP contribution in [-0.2, 0) is 4.79 Å². The molecular formula is C12H18ClN3O. The molecule has 0 unspecified atom stereocenters. The van der Waals surface area contributed by atoms with Crippen LogP contribution in [0, 0.1) is 5.41 Å². The van der Waals surface area contributed by atoms with Crippen molar-refractivity contribution in [3.05, 3.63) is 23.4 Å². The van der Waals surface area contributed by atoms with E-state index in [0.717, 1.165) is 0 Å². The highest BCUT2D eigenvalue weighted by atomic mass is 35.5. The molecule has 1 aromatic heterocycles. The van der Waals surface area contributed by atoms with Gasteiger partial charge in [0.25, 0.3) is 0 Å². The lowest BCUT2D eigenvalue weighted by atomic mass is 9.81. The SMILES string of the molecule is CCC(CC)(CN)C(=O)Nc1ncccc1Cl. The topological polar surface area (TPSA) is 68.0 Å². The number of pyridine rings is 1. The van der Waals surface area contributed by atoms with Gasteiger partial charge in [0, 0.05) is 12.7 Å². The number of rotatable bonds is 5. The summed E-state index contributed by atoms with van der Waals surface area (Å²) in [5.74, 6) is 0.268. The summed E-state index contributed by atoms with van der Waals surface area (Å²) < 4.78 is 0. The first-order valence-corrected chi connectivity index (χ1v) is 6.09. The number of nitrogens with one attached hydrogen (secondary N) is 1. The summed E-state index contributed by atoms with van der Waals surface area (Å²) in [5.41, 5.74) is 5.17. The van der Waals surface area contributed by atoms with Gasteiger partial charge in [-0.25, -0.2) is 4.98 Å². The van der Waals surface area contributed by atoms with Crippen molar-refractivity contribution in [1.82, 2.24) is 4.98 Å². The Morgan fingerprint density at radius 2 is 2.18 bits per heavy atom. The van der Waals surface area contributed by atoms with Crippen LogP contribution in [0.1, 0.15) is 26.7 Å². The highest BCUT2D eigenvalue weighted by Crippen LogP contribution is 2.28. The van der Waals surface area contributed by atoms with E-state index >= 15 is 0 Å². The summed E-state index contributed by atoms with van der Waals surface area (Å²) in [6.45, 7) is 4.22. The number of carbonyl (C=O) groups is 1. The van der Waals surface area contributed by atoms with E-state index in [1.165, 1.54) is 0 Å². The summed E-state index contributed by atoms with van der Waals surface area (Å²) in [7, 11) is 0. The van der Waals surface area contributed by atoms with E-state index < -0.39 is 5.41 Å². The van der Waals surface area contributed by atoms with E-state index in [0.29, 0.717) is 30.2 Å².